The second kappa shape index (κ2) is 27.6. The molecule has 6 amide bonds. The molecular weight excluding hydrogens is 712 g/mol. The summed E-state index contributed by atoms with van der Waals surface area (Å²) in [6.07, 6.45) is 4.84. The van der Waals surface area contributed by atoms with Crippen molar-refractivity contribution in [3.05, 3.63) is 0 Å². The van der Waals surface area contributed by atoms with Crippen molar-refractivity contribution in [1.82, 2.24) is 31.9 Å². The average Bonchev–Trinajstić information content (AvgIpc) is 3.08. The molecule has 0 aliphatic rings. The van der Waals surface area contributed by atoms with Gasteiger partial charge in [0.15, 0.2) is 11.9 Å². The Bertz CT molecular complexity index is 1300. The molecule has 0 rings (SSSR count). The van der Waals surface area contributed by atoms with Crippen LogP contribution in [0.1, 0.15) is 113 Å². The summed E-state index contributed by atoms with van der Waals surface area (Å²) in [4.78, 5) is 98.6. The van der Waals surface area contributed by atoms with Gasteiger partial charge in [0.1, 0.15) is 36.5 Å². The Balaban J connectivity index is 5.98. The van der Waals surface area contributed by atoms with Crippen molar-refractivity contribution in [3.8, 4) is 0 Å². The zero-order valence-corrected chi connectivity index (χ0v) is 33.7. The van der Waals surface area contributed by atoms with E-state index in [1.807, 2.05) is 34.6 Å². The summed E-state index contributed by atoms with van der Waals surface area (Å²) in [6.45, 7) is 12.7. The van der Waals surface area contributed by atoms with Gasteiger partial charge in [-0.05, 0) is 63.7 Å². The lowest BCUT2D eigenvalue weighted by atomic mass is 9.99. The number of nitrogens with one attached hydrogen (secondary N) is 6. The van der Waals surface area contributed by atoms with Crippen LogP contribution in [0.2, 0.25) is 0 Å². The summed E-state index contributed by atoms with van der Waals surface area (Å²) in [5.41, 5.74) is 21.4. The molecule has 6 atom stereocenters. The fourth-order valence-electron chi connectivity index (χ4n) is 5.49. The fourth-order valence-corrected chi connectivity index (χ4v) is 5.49. The zero-order valence-electron chi connectivity index (χ0n) is 33.7. The van der Waals surface area contributed by atoms with E-state index in [9.17, 15) is 33.6 Å². The molecule has 0 saturated carbocycles. The maximum absolute atomic E-state index is 13.8. The van der Waals surface area contributed by atoms with Crippen LogP contribution in [0.25, 0.3) is 0 Å². The fraction of sp³-hybridized carbons (Fsp3) is 0.750. The summed E-state index contributed by atoms with van der Waals surface area (Å²) in [6, 6.07) is -5.98. The first-order valence-electron chi connectivity index (χ1n) is 19.2. The van der Waals surface area contributed by atoms with Crippen molar-refractivity contribution in [2.75, 3.05) is 13.1 Å². The number of carbonyl (C=O) groups is 7. The smallest absolute Gasteiger partial charge is 0.243 e. The Hall–Kier alpha value is -4.97. The van der Waals surface area contributed by atoms with E-state index in [0.29, 0.717) is 25.5 Å². The minimum absolute atomic E-state index is 0.0330. The van der Waals surface area contributed by atoms with Crippen LogP contribution in [0, 0.1) is 11.8 Å². The summed E-state index contributed by atoms with van der Waals surface area (Å²) >= 11 is 0. The quantitative estimate of drug-likeness (QED) is 0.0197. The molecule has 0 unspecified atom stereocenters. The molecule has 14 N–H and O–H groups in total. The van der Waals surface area contributed by atoms with Gasteiger partial charge in [-0.25, -0.2) is 0 Å². The number of rotatable bonds is 28. The Labute approximate surface area is 325 Å². The topological polar surface area (TPSA) is 320 Å². The summed E-state index contributed by atoms with van der Waals surface area (Å²) in [5.74, 6) is -3.69. The predicted molar refractivity (Wildman–Crippen MR) is 212 cm³/mol. The molecule has 0 aliphatic heterocycles. The molecule has 0 fully saturated rings. The largest absolute Gasteiger partial charge is 0.370 e. The van der Waals surface area contributed by atoms with Crippen LogP contribution in [0.4, 0.5) is 0 Å². The Kier molecular flexibility index (Phi) is 25.1. The van der Waals surface area contributed by atoms with Crippen molar-refractivity contribution in [1.29, 1.82) is 0 Å². The third-order valence-electron chi connectivity index (χ3n) is 8.26. The summed E-state index contributed by atoms with van der Waals surface area (Å²) in [7, 11) is 0. The van der Waals surface area contributed by atoms with E-state index in [1.54, 1.807) is 0 Å². The molecule has 0 bridgehead atoms. The first-order chi connectivity index (χ1) is 25.8. The third-order valence-corrected chi connectivity index (χ3v) is 8.26. The van der Waals surface area contributed by atoms with Crippen LogP contribution < -0.4 is 54.8 Å². The number of aldehydes is 1. The second-order valence-corrected chi connectivity index (χ2v) is 14.6. The van der Waals surface area contributed by atoms with Gasteiger partial charge in [0.25, 0.3) is 0 Å². The molecule has 0 aromatic heterocycles. The van der Waals surface area contributed by atoms with Crippen LogP contribution in [-0.4, -0.2) is 103 Å². The lowest BCUT2D eigenvalue weighted by molar-refractivity contribution is -0.135. The van der Waals surface area contributed by atoms with E-state index in [4.69, 9.17) is 22.9 Å². The highest BCUT2D eigenvalue weighted by atomic mass is 16.2. The van der Waals surface area contributed by atoms with Gasteiger partial charge in [0, 0.05) is 20.0 Å². The average molecular weight is 781 g/mol. The Morgan fingerprint density at radius 3 is 1.40 bits per heavy atom. The molecule has 19 nitrogen and oxygen atoms in total. The number of guanidine groups is 2. The molecule has 0 heterocycles. The van der Waals surface area contributed by atoms with Gasteiger partial charge in [-0.2, -0.15) is 0 Å². The zero-order chi connectivity index (χ0) is 42.1. The summed E-state index contributed by atoms with van der Waals surface area (Å²) < 4.78 is 0. The standard InChI is InChI=1S/C36H68N12O7/c1-8-9-10-14-27(46-34(55)29(19-22(4)5)48-31(52)26(44-24(7)50)15-12-17-42-36(39)40)32(53)47-28(18-21(2)3)33(54)43-23(6)30(51)45-25(20-49)13-11-16-41-35(37)38/h20-23,25-29H,8-19H2,1-7H3,(H,43,54)(H,44,50)(H,45,51)(H,46,55)(H,47,53)(H,48,52)(H4,37,38,41)(H4,39,40,42)/t23-,25-,26-,27-,28-,29-/m0/s1. The number of hydrogen-bond acceptors (Lipinski definition) is 9. The molecule has 0 aromatic carbocycles. The van der Waals surface area contributed by atoms with Crippen molar-refractivity contribution in [3.63, 3.8) is 0 Å². The van der Waals surface area contributed by atoms with Crippen LogP contribution in [0.15, 0.2) is 9.98 Å². The van der Waals surface area contributed by atoms with Crippen molar-refractivity contribution < 1.29 is 33.6 Å². The lowest BCUT2D eigenvalue weighted by Gasteiger charge is -2.28. The molecule has 0 spiro atoms. The van der Waals surface area contributed by atoms with Gasteiger partial charge in [-0.3, -0.25) is 38.8 Å². The third kappa shape index (κ3) is 23.4. The van der Waals surface area contributed by atoms with Crippen molar-refractivity contribution >= 4 is 53.6 Å². The van der Waals surface area contributed by atoms with E-state index in [2.05, 4.69) is 41.9 Å². The van der Waals surface area contributed by atoms with Crippen molar-refractivity contribution in [2.45, 2.75) is 149 Å². The molecule has 55 heavy (non-hydrogen) atoms. The number of aliphatic imine (C=N–C) groups is 2. The minimum atomic E-state index is -1.06. The maximum atomic E-state index is 13.8. The number of nitrogens with two attached hydrogens (primary N) is 4. The Morgan fingerprint density at radius 1 is 0.545 bits per heavy atom. The predicted octanol–water partition coefficient (Wildman–Crippen LogP) is -1.09. The highest BCUT2D eigenvalue weighted by molar-refractivity contribution is 5.96. The number of unbranched alkanes of at least 4 members (excludes halogenated alkanes) is 2. The van der Waals surface area contributed by atoms with E-state index in [-0.39, 0.29) is 68.9 Å². The van der Waals surface area contributed by atoms with Crippen molar-refractivity contribution in [2.24, 2.45) is 44.8 Å². The van der Waals surface area contributed by atoms with Crippen LogP contribution >= 0.6 is 0 Å². The van der Waals surface area contributed by atoms with Gasteiger partial charge in [-0.15, -0.1) is 0 Å². The maximum Gasteiger partial charge on any atom is 0.243 e. The number of amides is 6. The van der Waals surface area contributed by atoms with Crippen LogP contribution in [-0.2, 0) is 33.6 Å². The van der Waals surface area contributed by atoms with E-state index >= 15 is 0 Å². The van der Waals surface area contributed by atoms with Crippen LogP contribution in [0.5, 0.6) is 0 Å². The van der Waals surface area contributed by atoms with Gasteiger partial charge >= 0.3 is 0 Å². The SMILES string of the molecule is CCCCC[C@H](NC(=O)[C@H](CC(C)C)NC(=O)[C@H](CCCN=C(N)N)NC(C)=O)C(=O)N[C@@H](CC(C)C)C(=O)N[C@@H](C)C(=O)N[C@H](C=O)CCCN=C(N)N. The molecular formula is C36H68N12O7. The van der Waals surface area contributed by atoms with Gasteiger partial charge in [0.05, 0.1) is 6.04 Å². The first kappa shape index (κ1) is 50.0. The highest BCUT2D eigenvalue weighted by Gasteiger charge is 2.32. The monoisotopic (exact) mass is 781 g/mol. The molecule has 19 heteroatoms. The molecule has 0 saturated heterocycles. The van der Waals surface area contributed by atoms with E-state index in [1.165, 1.54) is 13.8 Å². The lowest BCUT2D eigenvalue weighted by Crippen LogP contribution is -2.59. The number of carbonyl (C=O) groups excluding carboxylic acids is 7. The summed E-state index contributed by atoms with van der Waals surface area (Å²) in [5, 5.41) is 16.1. The Morgan fingerprint density at radius 2 is 0.964 bits per heavy atom. The minimum Gasteiger partial charge on any atom is -0.370 e. The molecule has 0 aliphatic carbocycles. The number of hydrogen-bond donors (Lipinski definition) is 10. The molecule has 0 radical (unpaired) electrons. The van der Waals surface area contributed by atoms with E-state index in [0.717, 1.165) is 12.8 Å². The van der Waals surface area contributed by atoms with Crippen LogP contribution in [0.3, 0.4) is 0 Å². The van der Waals surface area contributed by atoms with E-state index < -0.39 is 71.7 Å². The normalized spacial score (nSPS) is 14.2. The molecule has 0 aromatic rings. The first-order valence-corrected chi connectivity index (χ1v) is 19.2. The molecule has 314 valence electrons. The van der Waals surface area contributed by atoms with Gasteiger partial charge in [0.2, 0.25) is 35.4 Å². The highest BCUT2D eigenvalue weighted by Crippen LogP contribution is 2.12. The van der Waals surface area contributed by atoms with Gasteiger partial charge < -0.3 is 59.6 Å². The van der Waals surface area contributed by atoms with Gasteiger partial charge in [-0.1, -0.05) is 53.9 Å². The second-order valence-electron chi connectivity index (χ2n) is 14.6. The number of nitrogens with zero attached hydrogens (tertiary/aromatic N) is 2.